The van der Waals surface area contributed by atoms with E-state index >= 15 is 0 Å². The smallest absolute Gasteiger partial charge is 0.406 e. The Balaban J connectivity index is 2.02. The lowest BCUT2D eigenvalue weighted by molar-refractivity contribution is -0.274. The zero-order valence-electron chi connectivity index (χ0n) is 11.6. The van der Waals surface area contributed by atoms with Gasteiger partial charge in [0.2, 0.25) is 0 Å². The van der Waals surface area contributed by atoms with Crippen LogP contribution in [0.15, 0.2) is 24.3 Å². The molecule has 1 amide bonds. The van der Waals surface area contributed by atoms with Crippen LogP contribution in [0.3, 0.4) is 0 Å². The van der Waals surface area contributed by atoms with Gasteiger partial charge in [0.25, 0.3) is 5.91 Å². The lowest BCUT2D eigenvalue weighted by Crippen LogP contribution is -2.46. The maximum absolute atomic E-state index is 12.3. The van der Waals surface area contributed by atoms with E-state index in [1.165, 1.54) is 12.1 Å². The summed E-state index contributed by atoms with van der Waals surface area (Å²) >= 11 is 0. The summed E-state index contributed by atoms with van der Waals surface area (Å²) in [5, 5.41) is 3.14. The molecule has 0 aliphatic carbocycles. The number of ether oxygens (including phenoxy) is 1. The van der Waals surface area contributed by atoms with Gasteiger partial charge in [-0.1, -0.05) is 0 Å². The first kappa shape index (κ1) is 15.6. The lowest BCUT2D eigenvalue weighted by atomic mass is 10.0. The first-order chi connectivity index (χ1) is 9.89. The molecule has 1 unspecified atom stereocenters. The molecular weight excluding hydrogens is 285 g/mol. The topological polar surface area (TPSA) is 41.6 Å². The van der Waals surface area contributed by atoms with E-state index in [1.807, 2.05) is 7.05 Å². The Hall–Kier alpha value is -1.76. The largest absolute Gasteiger partial charge is 0.573 e. The number of hydrogen-bond acceptors (Lipinski definition) is 3. The van der Waals surface area contributed by atoms with Crippen molar-refractivity contribution in [2.45, 2.75) is 25.2 Å². The van der Waals surface area contributed by atoms with Crippen LogP contribution in [-0.2, 0) is 0 Å². The molecule has 1 saturated heterocycles. The molecule has 0 radical (unpaired) electrons. The average molecular weight is 302 g/mol. The van der Waals surface area contributed by atoms with E-state index in [0.29, 0.717) is 18.7 Å². The number of halogens is 3. The van der Waals surface area contributed by atoms with Crippen molar-refractivity contribution in [1.82, 2.24) is 10.2 Å². The number of likely N-dealkylation sites (tertiary alicyclic amines) is 1. The average Bonchev–Trinajstić information content (AvgIpc) is 2.46. The van der Waals surface area contributed by atoms with Gasteiger partial charge in [-0.05, 0) is 44.2 Å². The summed E-state index contributed by atoms with van der Waals surface area (Å²) in [6.45, 7) is 1.27. The maximum Gasteiger partial charge on any atom is 0.573 e. The second-order valence-electron chi connectivity index (χ2n) is 4.95. The number of alkyl halides is 3. The Morgan fingerprint density at radius 3 is 2.57 bits per heavy atom. The summed E-state index contributed by atoms with van der Waals surface area (Å²) in [7, 11) is 1.85. The van der Waals surface area contributed by atoms with Crippen LogP contribution in [0.4, 0.5) is 13.2 Å². The highest BCUT2D eigenvalue weighted by atomic mass is 19.4. The first-order valence-corrected chi connectivity index (χ1v) is 6.71. The van der Waals surface area contributed by atoms with Crippen molar-refractivity contribution >= 4 is 5.91 Å². The molecule has 0 aromatic heterocycles. The van der Waals surface area contributed by atoms with Crippen molar-refractivity contribution in [3.05, 3.63) is 29.8 Å². The van der Waals surface area contributed by atoms with Crippen LogP contribution in [0, 0.1) is 0 Å². The maximum atomic E-state index is 12.3. The van der Waals surface area contributed by atoms with Crippen molar-refractivity contribution in [2.75, 3.05) is 20.1 Å². The molecule has 1 aliphatic heterocycles. The van der Waals surface area contributed by atoms with Gasteiger partial charge in [0, 0.05) is 24.7 Å². The van der Waals surface area contributed by atoms with Gasteiger partial charge >= 0.3 is 6.36 Å². The zero-order chi connectivity index (χ0) is 15.5. The molecular formula is C14H17F3N2O2. The summed E-state index contributed by atoms with van der Waals surface area (Å²) in [4.78, 5) is 14.0. The summed E-state index contributed by atoms with van der Waals surface area (Å²) in [6, 6.07) is 5.27. The molecule has 4 nitrogen and oxygen atoms in total. The Labute approximate surface area is 120 Å². The second kappa shape index (κ2) is 6.34. The van der Waals surface area contributed by atoms with Gasteiger partial charge < -0.3 is 15.0 Å². The molecule has 1 atom stereocenters. The number of carbonyl (C=O) groups is 1. The van der Waals surface area contributed by atoms with Gasteiger partial charge in [0.05, 0.1) is 0 Å². The van der Waals surface area contributed by atoms with Crippen LogP contribution in [0.25, 0.3) is 0 Å². The SMILES string of the molecule is CNC1CCCN(C(=O)c2ccc(OC(F)(F)F)cc2)C1. The normalized spacial score (nSPS) is 19.4. The molecule has 0 spiro atoms. The van der Waals surface area contributed by atoms with Crippen LogP contribution >= 0.6 is 0 Å². The number of likely N-dealkylation sites (N-methyl/N-ethyl adjacent to an activating group) is 1. The molecule has 0 bridgehead atoms. The fourth-order valence-corrected chi connectivity index (χ4v) is 2.38. The number of hydrogen-bond donors (Lipinski definition) is 1. The number of rotatable bonds is 3. The Kier molecular flexibility index (Phi) is 4.72. The third-order valence-corrected chi connectivity index (χ3v) is 3.45. The van der Waals surface area contributed by atoms with Crippen molar-refractivity contribution in [3.8, 4) is 5.75 Å². The third kappa shape index (κ3) is 4.35. The second-order valence-corrected chi connectivity index (χ2v) is 4.95. The number of benzene rings is 1. The Bertz CT molecular complexity index is 488. The zero-order valence-corrected chi connectivity index (χ0v) is 11.6. The fraction of sp³-hybridized carbons (Fsp3) is 0.500. The van der Waals surface area contributed by atoms with Crippen LogP contribution < -0.4 is 10.1 Å². The number of nitrogens with zero attached hydrogens (tertiary/aromatic N) is 1. The predicted molar refractivity (Wildman–Crippen MR) is 71.1 cm³/mol. The van der Waals surface area contributed by atoms with E-state index < -0.39 is 6.36 Å². The summed E-state index contributed by atoms with van der Waals surface area (Å²) in [6.07, 6.45) is -2.80. The molecule has 7 heteroatoms. The van der Waals surface area contributed by atoms with Crippen LogP contribution in [0.1, 0.15) is 23.2 Å². The molecule has 1 aromatic carbocycles. The monoisotopic (exact) mass is 302 g/mol. The van der Waals surface area contributed by atoms with Gasteiger partial charge in [-0.25, -0.2) is 0 Å². The first-order valence-electron chi connectivity index (χ1n) is 6.71. The Morgan fingerprint density at radius 2 is 2.00 bits per heavy atom. The highest BCUT2D eigenvalue weighted by Gasteiger charge is 2.31. The molecule has 1 aromatic rings. The summed E-state index contributed by atoms with van der Waals surface area (Å²) in [5.41, 5.74) is 0.362. The minimum atomic E-state index is -4.72. The number of amides is 1. The van der Waals surface area contributed by atoms with E-state index in [-0.39, 0.29) is 17.7 Å². The highest BCUT2D eigenvalue weighted by molar-refractivity contribution is 5.94. The van der Waals surface area contributed by atoms with E-state index in [0.717, 1.165) is 25.0 Å². The summed E-state index contributed by atoms with van der Waals surface area (Å²) in [5.74, 6) is -0.501. The van der Waals surface area contributed by atoms with Crippen molar-refractivity contribution < 1.29 is 22.7 Å². The van der Waals surface area contributed by atoms with Crippen LogP contribution in [0.2, 0.25) is 0 Å². The predicted octanol–water partition coefficient (Wildman–Crippen LogP) is 2.41. The van der Waals surface area contributed by atoms with E-state index in [9.17, 15) is 18.0 Å². The molecule has 1 heterocycles. The molecule has 116 valence electrons. The van der Waals surface area contributed by atoms with Crippen molar-refractivity contribution in [3.63, 3.8) is 0 Å². The van der Waals surface area contributed by atoms with Gasteiger partial charge in [0.1, 0.15) is 5.75 Å². The van der Waals surface area contributed by atoms with Gasteiger partial charge in [-0.3, -0.25) is 4.79 Å². The fourth-order valence-electron chi connectivity index (χ4n) is 2.38. The number of carbonyl (C=O) groups excluding carboxylic acids is 1. The molecule has 1 aliphatic rings. The van der Waals surface area contributed by atoms with Crippen LogP contribution in [0.5, 0.6) is 5.75 Å². The van der Waals surface area contributed by atoms with Crippen molar-refractivity contribution in [2.24, 2.45) is 0 Å². The molecule has 2 rings (SSSR count). The standard InChI is InChI=1S/C14H17F3N2O2/c1-18-11-3-2-8-19(9-11)13(20)10-4-6-12(7-5-10)21-14(15,16)17/h4-7,11,18H,2-3,8-9H2,1H3. The molecule has 0 saturated carbocycles. The van der Waals surface area contributed by atoms with E-state index in [1.54, 1.807) is 4.90 Å². The minimum Gasteiger partial charge on any atom is -0.406 e. The quantitative estimate of drug-likeness (QED) is 0.932. The highest BCUT2D eigenvalue weighted by Crippen LogP contribution is 2.23. The van der Waals surface area contributed by atoms with Gasteiger partial charge in [-0.2, -0.15) is 0 Å². The van der Waals surface area contributed by atoms with Gasteiger partial charge in [0.15, 0.2) is 0 Å². The number of piperidine rings is 1. The van der Waals surface area contributed by atoms with Crippen LogP contribution in [-0.4, -0.2) is 43.3 Å². The van der Waals surface area contributed by atoms with Crippen molar-refractivity contribution in [1.29, 1.82) is 0 Å². The minimum absolute atomic E-state index is 0.173. The lowest BCUT2D eigenvalue weighted by Gasteiger charge is -2.32. The molecule has 1 fully saturated rings. The summed E-state index contributed by atoms with van der Waals surface area (Å²) < 4.78 is 40.0. The molecule has 21 heavy (non-hydrogen) atoms. The van der Waals surface area contributed by atoms with Gasteiger partial charge in [-0.15, -0.1) is 13.2 Å². The number of nitrogens with one attached hydrogen (secondary N) is 1. The molecule has 1 N–H and O–H groups in total. The third-order valence-electron chi connectivity index (χ3n) is 3.45. The van der Waals surface area contributed by atoms with E-state index in [2.05, 4.69) is 10.1 Å². The van der Waals surface area contributed by atoms with E-state index in [4.69, 9.17) is 0 Å². The Morgan fingerprint density at radius 1 is 1.33 bits per heavy atom.